The van der Waals surface area contributed by atoms with Crippen molar-refractivity contribution in [3.05, 3.63) is 60.2 Å². The molecule has 0 aliphatic heterocycles. The highest BCUT2D eigenvalue weighted by Gasteiger charge is 2.08. The lowest BCUT2D eigenvalue weighted by molar-refractivity contribution is -0.122. The Bertz CT molecular complexity index is 860. The van der Waals surface area contributed by atoms with E-state index in [0.29, 0.717) is 11.4 Å². The molecule has 0 atom stereocenters. The summed E-state index contributed by atoms with van der Waals surface area (Å²) in [6, 6.07) is 16.0. The van der Waals surface area contributed by atoms with Crippen molar-refractivity contribution < 1.29 is 9.90 Å². The van der Waals surface area contributed by atoms with Crippen LogP contribution < -0.4 is 5.43 Å². The first-order valence-electron chi connectivity index (χ1n) is 7.15. The SMILES string of the molecule is O=C(Cn1nnc(-c2ccccc2)n1)N/N=C/c1ccccc1O. The van der Waals surface area contributed by atoms with Gasteiger partial charge in [-0.15, -0.1) is 10.2 Å². The van der Waals surface area contributed by atoms with Gasteiger partial charge in [0.2, 0.25) is 5.82 Å². The van der Waals surface area contributed by atoms with Gasteiger partial charge in [0.25, 0.3) is 5.91 Å². The van der Waals surface area contributed by atoms with Crippen LogP contribution in [-0.4, -0.2) is 37.4 Å². The Morgan fingerprint density at radius 2 is 1.92 bits per heavy atom. The van der Waals surface area contributed by atoms with Gasteiger partial charge in [0.15, 0.2) is 0 Å². The van der Waals surface area contributed by atoms with Gasteiger partial charge in [0.05, 0.1) is 6.21 Å². The maximum Gasteiger partial charge on any atom is 0.263 e. The van der Waals surface area contributed by atoms with E-state index in [4.69, 9.17) is 0 Å². The van der Waals surface area contributed by atoms with E-state index in [1.165, 1.54) is 17.1 Å². The van der Waals surface area contributed by atoms with Crippen molar-refractivity contribution in [1.82, 2.24) is 25.6 Å². The third-order valence-corrected chi connectivity index (χ3v) is 3.10. The molecule has 2 N–H and O–H groups in total. The zero-order valence-corrected chi connectivity index (χ0v) is 12.6. The molecule has 0 aliphatic carbocycles. The lowest BCUT2D eigenvalue weighted by Crippen LogP contribution is -2.24. The lowest BCUT2D eigenvalue weighted by atomic mass is 10.2. The molecule has 3 aromatic rings. The van der Waals surface area contributed by atoms with Crippen LogP contribution in [0.4, 0.5) is 0 Å². The monoisotopic (exact) mass is 322 g/mol. The molecule has 1 amide bonds. The molecule has 8 nitrogen and oxygen atoms in total. The van der Waals surface area contributed by atoms with Crippen LogP contribution in [0.1, 0.15) is 5.56 Å². The zero-order valence-electron chi connectivity index (χ0n) is 12.6. The quantitative estimate of drug-likeness (QED) is 0.542. The number of hydrogen-bond donors (Lipinski definition) is 2. The second kappa shape index (κ2) is 7.14. The van der Waals surface area contributed by atoms with Gasteiger partial charge in [0, 0.05) is 11.1 Å². The largest absolute Gasteiger partial charge is 0.507 e. The minimum absolute atomic E-state index is 0.0842. The highest BCUT2D eigenvalue weighted by atomic mass is 16.3. The molecule has 0 saturated heterocycles. The summed E-state index contributed by atoms with van der Waals surface area (Å²) in [6.45, 7) is -0.113. The van der Waals surface area contributed by atoms with Crippen LogP contribution in [0.25, 0.3) is 11.4 Å². The summed E-state index contributed by atoms with van der Waals surface area (Å²) >= 11 is 0. The Morgan fingerprint density at radius 1 is 1.17 bits per heavy atom. The van der Waals surface area contributed by atoms with E-state index in [-0.39, 0.29) is 12.3 Å². The first kappa shape index (κ1) is 15.3. The predicted octanol–water partition coefficient (Wildman–Crippen LogP) is 1.20. The van der Waals surface area contributed by atoms with E-state index in [2.05, 4.69) is 25.9 Å². The summed E-state index contributed by atoms with van der Waals surface area (Å²) in [6.07, 6.45) is 1.36. The molecule has 0 saturated carbocycles. The number of aromatic hydroxyl groups is 1. The normalized spacial score (nSPS) is 10.8. The third kappa shape index (κ3) is 3.80. The third-order valence-electron chi connectivity index (χ3n) is 3.10. The van der Waals surface area contributed by atoms with Crippen LogP contribution in [0, 0.1) is 0 Å². The number of benzene rings is 2. The first-order chi connectivity index (χ1) is 11.7. The number of phenols is 1. The summed E-state index contributed by atoms with van der Waals surface area (Å²) < 4.78 is 0. The number of tetrazole rings is 1. The minimum atomic E-state index is -0.404. The van der Waals surface area contributed by atoms with Crippen molar-refractivity contribution in [3.8, 4) is 17.1 Å². The minimum Gasteiger partial charge on any atom is -0.507 e. The van der Waals surface area contributed by atoms with Crippen LogP contribution in [0.3, 0.4) is 0 Å². The molecular formula is C16H14N6O2. The highest BCUT2D eigenvalue weighted by molar-refractivity contribution is 5.84. The van der Waals surface area contributed by atoms with Gasteiger partial charge >= 0.3 is 0 Å². The number of hydrazone groups is 1. The second-order valence-electron chi connectivity index (χ2n) is 4.86. The second-order valence-corrected chi connectivity index (χ2v) is 4.86. The molecule has 0 fully saturated rings. The standard InChI is InChI=1S/C16H14N6O2/c23-14-9-5-4-8-13(14)10-17-18-15(24)11-22-20-16(19-21-22)12-6-2-1-3-7-12/h1-10,23H,11H2,(H,18,24)/b17-10+. The Balaban J connectivity index is 1.58. The maximum atomic E-state index is 11.8. The van der Waals surface area contributed by atoms with E-state index < -0.39 is 5.91 Å². The van der Waals surface area contributed by atoms with Gasteiger partial charge in [-0.05, 0) is 17.3 Å². The van der Waals surface area contributed by atoms with Gasteiger partial charge in [-0.25, -0.2) is 5.43 Å². The molecule has 0 spiro atoms. The van der Waals surface area contributed by atoms with Gasteiger partial charge < -0.3 is 5.11 Å². The van der Waals surface area contributed by atoms with E-state index >= 15 is 0 Å². The number of nitrogens with one attached hydrogen (secondary N) is 1. The number of carbonyl (C=O) groups excluding carboxylic acids is 1. The molecule has 0 aliphatic rings. The predicted molar refractivity (Wildman–Crippen MR) is 87.1 cm³/mol. The van der Waals surface area contributed by atoms with Crippen LogP contribution in [0.5, 0.6) is 5.75 Å². The van der Waals surface area contributed by atoms with Crippen molar-refractivity contribution in [2.45, 2.75) is 6.54 Å². The molecule has 1 aromatic heterocycles. The summed E-state index contributed by atoms with van der Waals surface area (Å²) in [5.41, 5.74) is 3.67. The van der Waals surface area contributed by atoms with Crippen LogP contribution in [0.2, 0.25) is 0 Å². The summed E-state index contributed by atoms with van der Waals surface area (Å²) in [4.78, 5) is 13.0. The number of hydrogen-bond acceptors (Lipinski definition) is 6. The molecule has 1 heterocycles. The Labute approximate surface area is 137 Å². The van der Waals surface area contributed by atoms with Crippen molar-refractivity contribution in [3.63, 3.8) is 0 Å². The average Bonchev–Trinajstić information content (AvgIpc) is 3.06. The number of para-hydroxylation sites is 1. The number of phenolic OH excluding ortho intramolecular Hbond substituents is 1. The molecule has 3 rings (SSSR count). The van der Waals surface area contributed by atoms with Gasteiger partial charge in [-0.2, -0.15) is 9.90 Å². The van der Waals surface area contributed by atoms with Gasteiger partial charge in [0.1, 0.15) is 12.3 Å². The molecule has 0 radical (unpaired) electrons. The smallest absolute Gasteiger partial charge is 0.263 e. The van der Waals surface area contributed by atoms with Gasteiger partial charge in [-0.1, -0.05) is 42.5 Å². The number of carbonyl (C=O) groups is 1. The van der Waals surface area contributed by atoms with E-state index in [1.54, 1.807) is 18.2 Å². The fourth-order valence-corrected chi connectivity index (χ4v) is 1.95. The Kier molecular flexibility index (Phi) is 4.57. The number of nitrogens with zero attached hydrogens (tertiary/aromatic N) is 5. The van der Waals surface area contributed by atoms with Crippen molar-refractivity contribution in [1.29, 1.82) is 0 Å². The van der Waals surface area contributed by atoms with Crippen molar-refractivity contribution in [2.75, 3.05) is 0 Å². The number of rotatable bonds is 5. The van der Waals surface area contributed by atoms with Crippen LogP contribution in [-0.2, 0) is 11.3 Å². The number of aromatic nitrogens is 4. The summed E-state index contributed by atoms with van der Waals surface area (Å²) in [5.74, 6) is 0.126. The highest BCUT2D eigenvalue weighted by Crippen LogP contribution is 2.12. The molecule has 8 heteroatoms. The fourth-order valence-electron chi connectivity index (χ4n) is 1.95. The van der Waals surface area contributed by atoms with E-state index in [1.807, 2.05) is 30.3 Å². The van der Waals surface area contributed by atoms with E-state index in [9.17, 15) is 9.90 Å². The molecule has 120 valence electrons. The van der Waals surface area contributed by atoms with Crippen molar-refractivity contribution >= 4 is 12.1 Å². The average molecular weight is 322 g/mol. The van der Waals surface area contributed by atoms with Crippen LogP contribution in [0.15, 0.2) is 59.7 Å². The van der Waals surface area contributed by atoms with E-state index in [0.717, 1.165) is 5.56 Å². The summed E-state index contributed by atoms with van der Waals surface area (Å²) in [5, 5.41) is 25.3. The molecule has 0 unspecified atom stereocenters. The van der Waals surface area contributed by atoms with Crippen LogP contribution >= 0.6 is 0 Å². The van der Waals surface area contributed by atoms with Crippen molar-refractivity contribution in [2.24, 2.45) is 5.10 Å². The topological polar surface area (TPSA) is 105 Å². The molecule has 2 aromatic carbocycles. The molecular weight excluding hydrogens is 308 g/mol. The molecule has 24 heavy (non-hydrogen) atoms. The zero-order chi connectivity index (χ0) is 16.8. The fraction of sp³-hybridized carbons (Fsp3) is 0.0625. The summed E-state index contributed by atoms with van der Waals surface area (Å²) in [7, 11) is 0. The maximum absolute atomic E-state index is 11.8. The molecule has 0 bridgehead atoms. The number of amides is 1. The van der Waals surface area contributed by atoms with Gasteiger partial charge in [-0.3, -0.25) is 4.79 Å². The first-order valence-corrected chi connectivity index (χ1v) is 7.15. The lowest BCUT2D eigenvalue weighted by Gasteiger charge is -1.99. The Hall–Kier alpha value is -3.55. The Morgan fingerprint density at radius 3 is 2.71 bits per heavy atom.